The van der Waals surface area contributed by atoms with Gasteiger partial charge in [0.1, 0.15) is 11.6 Å². The van der Waals surface area contributed by atoms with Crippen LogP contribution in [-0.2, 0) is 6.18 Å². The fourth-order valence-corrected chi connectivity index (χ4v) is 2.63. The maximum atomic E-state index is 12.5. The van der Waals surface area contributed by atoms with E-state index >= 15 is 0 Å². The Balaban J connectivity index is 2.34. The lowest BCUT2D eigenvalue weighted by Gasteiger charge is -2.08. The molecule has 0 amide bonds. The first-order chi connectivity index (χ1) is 10.3. The Morgan fingerprint density at radius 3 is 2.27 bits per heavy atom. The highest BCUT2D eigenvalue weighted by Crippen LogP contribution is 2.36. The van der Waals surface area contributed by atoms with Gasteiger partial charge in [-0.25, -0.2) is 0 Å². The molecule has 2 aromatic rings. The lowest BCUT2D eigenvalue weighted by molar-refractivity contribution is -0.385. The van der Waals surface area contributed by atoms with Gasteiger partial charge in [-0.05, 0) is 30.3 Å². The predicted octanol–water partition coefficient (Wildman–Crippen LogP) is 4.64. The normalized spacial score (nSPS) is 11.0. The van der Waals surface area contributed by atoms with Crippen molar-refractivity contribution >= 4 is 17.4 Å². The van der Waals surface area contributed by atoms with Gasteiger partial charge in [0.05, 0.1) is 10.5 Å². The Morgan fingerprint density at radius 2 is 1.77 bits per heavy atom. The molecule has 0 atom stereocenters. The molecular formula is C14H7F3N2O2S. The van der Waals surface area contributed by atoms with E-state index in [1.807, 2.05) is 0 Å². The maximum absolute atomic E-state index is 12.5. The second-order valence-electron chi connectivity index (χ2n) is 4.14. The van der Waals surface area contributed by atoms with Crippen LogP contribution >= 0.6 is 11.8 Å². The Labute approximate surface area is 127 Å². The summed E-state index contributed by atoms with van der Waals surface area (Å²) in [6, 6.07) is 10.3. The number of hydrogen-bond acceptors (Lipinski definition) is 4. The Hall–Kier alpha value is -2.53. The number of halogens is 3. The molecule has 0 unspecified atom stereocenters. The van der Waals surface area contributed by atoms with Crippen LogP contribution in [0.3, 0.4) is 0 Å². The molecular weight excluding hydrogens is 317 g/mol. The van der Waals surface area contributed by atoms with Crippen LogP contribution in [0.15, 0.2) is 52.3 Å². The minimum Gasteiger partial charge on any atom is -0.258 e. The number of hydrogen-bond donors (Lipinski definition) is 0. The van der Waals surface area contributed by atoms with Gasteiger partial charge in [0, 0.05) is 15.9 Å². The van der Waals surface area contributed by atoms with E-state index in [-0.39, 0.29) is 11.3 Å². The third kappa shape index (κ3) is 3.38. The number of rotatable bonds is 3. The van der Waals surface area contributed by atoms with Crippen LogP contribution in [0.25, 0.3) is 0 Å². The molecule has 8 heteroatoms. The molecule has 0 heterocycles. The van der Waals surface area contributed by atoms with Crippen molar-refractivity contribution in [2.24, 2.45) is 0 Å². The fraction of sp³-hybridized carbons (Fsp3) is 0.0714. The summed E-state index contributed by atoms with van der Waals surface area (Å²) in [6.45, 7) is 0. The van der Waals surface area contributed by atoms with Gasteiger partial charge in [0.25, 0.3) is 5.69 Å². The van der Waals surface area contributed by atoms with E-state index in [0.29, 0.717) is 9.79 Å². The van der Waals surface area contributed by atoms with Crippen molar-refractivity contribution in [3.8, 4) is 6.07 Å². The SMILES string of the molecule is N#Cc1c(Sc2ccc(C(F)(F)F)cc2)cccc1[N+](=O)[O-]. The van der Waals surface area contributed by atoms with E-state index in [4.69, 9.17) is 5.26 Å². The smallest absolute Gasteiger partial charge is 0.258 e. The second-order valence-corrected chi connectivity index (χ2v) is 5.26. The van der Waals surface area contributed by atoms with Gasteiger partial charge in [0.2, 0.25) is 0 Å². The van der Waals surface area contributed by atoms with Crippen molar-refractivity contribution in [1.29, 1.82) is 5.26 Å². The molecule has 0 saturated carbocycles. The summed E-state index contributed by atoms with van der Waals surface area (Å²) in [5.41, 5.74) is -1.23. The summed E-state index contributed by atoms with van der Waals surface area (Å²) in [4.78, 5) is 11.0. The van der Waals surface area contributed by atoms with Crippen LogP contribution in [-0.4, -0.2) is 4.92 Å². The summed E-state index contributed by atoms with van der Waals surface area (Å²) >= 11 is 0.995. The summed E-state index contributed by atoms with van der Waals surface area (Å²) in [6.07, 6.45) is -4.42. The van der Waals surface area contributed by atoms with Crippen LogP contribution in [0.1, 0.15) is 11.1 Å². The van der Waals surface area contributed by atoms with Crippen LogP contribution in [0.4, 0.5) is 18.9 Å². The van der Waals surface area contributed by atoms with Gasteiger partial charge in [-0.3, -0.25) is 10.1 Å². The zero-order valence-electron chi connectivity index (χ0n) is 10.8. The lowest BCUT2D eigenvalue weighted by Crippen LogP contribution is -2.03. The summed E-state index contributed by atoms with van der Waals surface area (Å²) in [5, 5.41) is 19.9. The standard InChI is InChI=1S/C14H7F3N2O2S/c15-14(16,17)9-4-6-10(7-5-9)22-13-3-1-2-12(19(20)21)11(13)8-18/h1-7H. The largest absolute Gasteiger partial charge is 0.416 e. The van der Waals surface area contributed by atoms with Crippen LogP contribution in [0.2, 0.25) is 0 Å². The number of benzene rings is 2. The molecule has 0 spiro atoms. The molecule has 0 aliphatic rings. The zero-order chi connectivity index (χ0) is 16.3. The Morgan fingerprint density at radius 1 is 1.14 bits per heavy atom. The number of alkyl halides is 3. The monoisotopic (exact) mass is 324 g/mol. The van der Waals surface area contributed by atoms with E-state index in [1.165, 1.54) is 30.3 Å². The quantitative estimate of drug-likeness (QED) is 0.609. The lowest BCUT2D eigenvalue weighted by atomic mass is 10.2. The van der Waals surface area contributed by atoms with Gasteiger partial charge < -0.3 is 0 Å². The van der Waals surface area contributed by atoms with Gasteiger partial charge in [-0.1, -0.05) is 17.8 Å². The Bertz CT molecular complexity index is 752. The van der Waals surface area contributed by atoms with Crippen molar-refractivity contribution in [2.75, 3.05) is 0 Å². The molecule has 2 rings (SSSR count). The molecule has 22 heavy (non-hydrogen) atoms. The average molecular weight is 324 g/mol. The molecule has 0 aliphatic carbocycles. The first kappa shape index (κ1) is 15.9. The first-order valence-corrected chi connectivity index (χ1v) is 6.67. The van der Waals surface area contributed by atoms with E-state index < -0.39 is 16.7 Å². The first-order valence-electron chi connectivity index (χ1n) is 5.85. The van der Waals surface area contributed by atoms with Crippen molar-refractivity contribution < 1.29 is 18.1 Å². The predicted molar refractivity (Wildman–Crippen MR) is 73.4 cm³/mol. The number of nitrogens with zero attached hydrogens (tertiary/aromatic N) is 2. The van der Waals surface area contributed by atoms with Gasteiger partial charge >= 0.3 is 6.18 Å². The third-order valence-corrected chi connectivity index (χ3v) is 3.79. The van der Waals surface area contributed by atoms with Crippen LogP contribution < -0.4 is 0 Å². The van der Waals surface area contributed by atoms with Crippen molar-refractivity contribution in [3.05, 3.63) is 63.7 Å². The minimum absolute atomic E-state index is 0.114. The topological polar surface area (TPSA) is 66.9 Å². The molecule has 0 saturated heterocycles. The number of nitriles is 1. The van der Waals surface area contributed by atoms with E-state index in [1.54, 1.807) is 6.07 Å². The summed E-state index contributed by atoms with van der Waals surface area (Å²) in [5.74, 6) is 0. The van der Waals surface area contributed by atoms with Crippen LogP contribution in [0, 0.1) is 21.4 Å². The van der Waals surface area contributed by atoms with Gasteiger partial charge in [-0.2, -0.15) is 18.4 Å². The Kier molecular flexibility index (Phi) is 4.37. The van der Waals surface area contributed by atoms with Crippen LogP contribution in [0.5, 0.6) is 0 Å². The molecule has 112 valence electrons. The molecule has 0 N–H and O–H groups in total. The molecule has 0 radical (unpaired) electrons. The zero-order valence-corrected chi connectivity index (χ0v) is 11.6. The maximum Gasteiger partial charge on any atom is 0.416 e. The van der Waals surface area contributed by atoms with Crippen molar-refractivity contribution in [2.45, 2.75) is 16.0 Å². The van der Waals surface area contributed by atoms with Gasteiger partial charge in [0.15, 0.2) is 0 Å². The second kappa shape index (κ2) is 6.07. The number of nitro benzene ring substituents is 1. The molecule has 2 aromatic carbocycles. The highest BCUT2D eigenvalue weighted by atomic mass is 32.2. The molecule has 0 aromatic heterocycles. The highest BCUT2D eigenvalue weighted by Gasteiger charge is 2.30. The highest BCUT2D eigenvalue weighted by molar-refractivity contribution is 7.99. The van der Waals surface area contributed by atoms with E-state index in [0.717, 1.165) is 23.9 Å². The average Bonchev–Trinajstić information content (AvgIpc) is 2.46. The molecule has 0 bridgehead atoms. The fourth-order valence-electron chi connectivity index (χ4n) is 1.71. The summed E-state index contributed by atoms with van der Waals surface area (Å²) in [7, 11) is 0. The molecule has 4 nitrogen and oxygen atoms in total. The molecule has 0 aliphatic heterocycles. The number of nitro groups is 1. The minimum atomic E-state index is -4.42. The van der Waals surface area contributed by atoms with E-state index in [9.17, 15) is 23.3 Å². The van der Waals surface area contributed by atoms with Crippen molar-refractivity contribution in [3.63, 3.8) is 0 Å². The van der Waals surface area contributed by atoms with E-state index in [2.05, 4.69) is 0 Å². The van der Waals surface area contributed by atoms with Crippen molar-refractivity contribution in [1.82, 2.24) is 0 Å². The third-order valence-electron chi connectivity index (χ3n) is 2.72. The summed E-state index contributed by atoms with van der Waals surface area (Å²) < 4.78 is 37.4. The van der Waals surface area contributed by atoms with Gasteiger partial charge in [-0.15, -0.1) is 0 Å². The molecule has 0 fully saturated rings.